The largest absolute Gasteiger partial charge is 0.481 e. The van der Waals surface area contributed by atoms with Crippen LogP contribution in [0.2, 0.25) is 0 Å². The molecule has 0 saturated carbocycles. The quantitative estimate of drug-likeness (QED) is 0.831. The molecule has 1 aliphatic rings. The highest BCUT2D eigenvalue weighted by Gasteiger charge is 2.37. The van der Waals surface area contributed by atoms with Crippen LogP contribution in [0, 0.1) is 17.3 Å². The maximum absolute atomic E-state index is 12.5. The van der Waals surface area contributed by atoms with Gasteiger partial charge in [0.25, 0.3) is 0 Å². The highest BCUT2D eigenvalue weighted by molar-refractivity contribution is 5.83. The molecule has 0 spiro atoms. The predicted octanol–water partition coefficient (Wildman–Crippen LogP) is 1.68. The number of aromatic nitrogens is 1. The number of aliphatic carboxylic acids is 1. The van der Waals surface area contributed by atoms with Gasteiger partial charge in [-0.15, -0.1) is 0 Å². The Morgan fingerprint density at radius 2 is 1.92 bits per heavy atom. The lowest BCUT2D eigenvalue weighted by molar-refractivity contribution is -0.148. The fourth-order valence-corrected chi connectivity index (χ4v) is 3.06. The fraction of sp³-hybridized carbons (Fsp3) is 0.579. The average Bonchev–Trinajstić information content (AvgIpc) is 2.58. The van der Waals surface area contributed by atoms with Crippen molar-refractivity contribution in [1.29, 1.82) is 0 Å². The van der Waals surface area contributed by atoms with E-state index >= 15 is 0 Å². The van der Waals surface area contributed by atoms with Crippen LogP contribution >= 0.6 is 0 Å². The summed E-state index contributed by atoms with van der Waals surface area (Å²) >= 11 is 0. The monoisotopic (exact) mass is 361 g/mol. The van der Waals surface area contributed by atoms with E-state index in [-0.39, 0.29) is 43.3 Å². The Morgan fingerprint density at radius 1 is 1.23 bits per heavy atom. The molecule has 2 N–H and O–H groups in total. The number of hydrogen-bond acceptors (Lipinski definition) is 4. The minimum Gasteiger partial charge on any atom is -0.481 e. The second kappa shape index (κ2) is 8.29. The van der Waals surface area contributed by atoms with Gasteiger partial charge in [0.2, 0.25) is 11.8 Å². The zero-order valence-corrected chi connectivity index (χ0v) is 15.6. The van der Waals surface area contributed by atoms with Crippen LogP contribution in [0.3, 0.4) is 0 Å². The lowest BCUT2D eigenvalue weighted by Crippen LogP contribution is -2.50. The number of nitrogens with one attached hydrogen (secondary N) is 1. The molecule has 1 aromatic rings. The third-order valence-electron chi connectivity index (χ3n) is 4.37. The first-order valence-corrected chi connectivity index (χ1v) is 8.84. The van der Waals surface area contributed by atoms with Crippen molar-refractivity contribution in [1.82, 2.24) is 15.2 Å². The molecule has 142 valence electrons. The van der Waals surface area contributed by atoms with E-state index in [1.165, 1.54) is 4.90 Å². The number of carbonyl (C=O) groups excluding carboxylic acids is 2. The van der Waals surface area contributed by atoms with Crippen molar-refractivity contribution in [2.24, 2.45) is 17.3 Å². The van der Waals surface area contributed by atoms with E-state index in [0.29, 0.717) is 6.42 Å². The van der Waals surface area contributed by atoms with E-state index in [9.17, 15) is 19.5 Å². The van der Waals surface area contributed by atoms with E-state index in [2.05, 4.69) is 10.3 Å². The van der Waals surface area contributed by atoms with Gasteiger partial charge in [-0.25, -0.2) is 0 Å². The topological polar surface area (TPSA) is 99.6 Å². The summed E-state index contributed by atoms with van der Waals surface area (Å²) in [7, 11) is 0. The van der Waals surface area contributed by atoms with Crippen LogP contribution in [0.5, 0.6) is 0 Å². The molecule has 0 bridgehead atoms. The van der Waals surface area contributed by atoms with Gasteiger partial charge in [0.15, 0.2) is 0 Å². The summed E-state index contributed by atoms with van der Waals surface area (Å²) < 4.78 is 0. The van der Waals surface area contributed by atoms with E-state index in [4.69, 9.17) is 0 Å². The van der Waals surface area contributed by atoms with E-state index in [0.717, 1.165) is 5.69 Å². The zero-order valence-electron chi connectivity index (χ0n) is 15.6. The number of amides is 2. The molecule has 1 fully saturated rings. The second-order valence-corrected chi connectivity index (χ2v) is 8.04. The fourth-order valence-electron chi connectivity index (χ4n) is 3.06. The number of nitrogens with zero attached hydrogens (tertiary/aromatic N) is 2. The molecule has 1 aliphatic heterocycles. The molecule has 2 atom stereocenters. The minimum atomic E-state index is -0.971. The Morgan fingerprint density at radius 3 is 2.50 bits per heavy atom. The highest BCUT2D eigenvalue weighted by Crippen LogP contribution is 2.26. The molecule has 1 aromatic heterocycles. The molecular weight excluding hydrogens is 334 g/mol. The maximum Gasteiger partial charge on any atom is 0.308 e. The number of carboxylic acids is 1. The van der Waals surface area contributed by atoms with Crippen molar-refractivity contribution < 1.29 is 19.5 Å². The Labute approximate surface area is 153 Å². The molecule has 26 heavy (non-hydrogen) atoms. The zero-order chi connectivity index (χ0) is 19.3. The Hall–Kier alpha value is -2.44. The number of likely N-dealkylation sites (tertiary alicyclic amines) is 1. The smallest absolute Gasteiger partial charge is 0.308 e. The Kier molecular flexibility index (Phi) is 6.34. The van der Waals surface area contributed by atoms with Gasteiger partial charge in [0.05, 0.1) is 24.1 Å². The maximum atomic E-state index is 12.5. The van der Waals surface area contributed by atoms with Crippen LogP contribution in [-0.4, -0.2) is 45.9 Å². The number of carboxylic acid groups (broad SMARTS) is 1. The SMILES string of the molecule is CC(C)(C)CC(=O)N1C[C@@H](C(=O)O)C[C@@H](C(=O)NCc2ccccn2)C1. The molecule has 0 unspecified atom stereocenters. The van der Waals surface area contributed by atoms with Crippen LogP contribution in [-0.2, 0) is 20.9 Å². The van der Waals surface area contributed by atoms with Crippen molar-refractivity contribution in [2.75, 3.05) is 13.1 Å². The van der Waals surface area contributed by atoms with Crippen LogP contribution in [0.25, 0.3) is 0 Å². The van der Waals surface area contributed by atoms with Crippen LogP contribution in [0.4, 0.5) is 0 Å². The van der Waals surface area contributed by atoms with Crippen LogP contribution < -0.4 is 5.32 Å². The summed E-state index contributed by atoms with van der Waals surface area (Å²) in [5.74, 6) is -2.57. The normalized spacial score (nSPS) is 20.5. The van der Waals surface area contributed by atoms with Gasteiger partial charge in [0, 0.05) is 25.7 Å². The molecule has 0 aromatic carbocycles. The van der Waals surface area contributed by atoms with E-state index < -0.39 is 17.8 Å². The summed E-state index contributed by atoms with van der Waals surface area (Å²) in [6.45, 7) is 6.58. The molecule has 7 nitrogen and oxygen atoms in total. The van der Waals surface area contributed by atoms with Crippen LogP contribution in [0.1, 0.15) is 39.3 Å². The molecule has 0 radical (unpaired) electrons. The molecule has 1 saturated heterocycles. The molecule has 2 heterocycles. The standard InChI is InChI=1S/C19H27N3O4/c1-19(2,3)9-16(23)22-11-13(8-14(12-22)18(25)26)17(24)21-10-15-6-4-5-7-20-15/h4-7,13-14H,8-12H2,1-3H3,(H,21,24)(H,25,26)/t13-,14+/m1/s1. The average molecular weight is 361 g/mol. The first-order valence-electron chi connectivity index (χ1n) is 8.84. The van der Waals surface area contributed by atoms with Crippen molar-refractivity contribution in [3.05, 3.63) is 30.1 Å². The van der Waals surface area contributed by atoms with Gasteiger partial charge in [-0.05, 0) is 24.0 Å². The Balaban J connectivity index is 2.02. The molecule has 7 heteroatoms. The third-order valence-corrected chi connectivity index (χ3v) is 4.37. The number of rotatable bonds is 5. The second-order valence-electron chi connectivity index (χ2n) is 8.04. The lowest BCUT2D eigenvalue weighted by atomic mass is 9.86. The Bertz CT molecular complexity index is 654. The molecule has 0 aliphatic carbocycles. The number of pyridine rings is 1. The molecule has 2 amide bonds. The van der Waals surface area contributed by atoms with Crippen molar-refractivity contribution >= 4 is 17.8 Å². The predicted molar refractivity (Wildman–Crippen MR) is 96.0 cm³/mol. The molecular formula is C19H27N3O4. The summed E-state index contributed by atoms with van der Waals surface area (Å²) in [5.41, 5.74) is 0.538. The van der Waals surface area contributed by atoms with E-state index in [1.54, 1.807) is 18.3 Å². The van der Waals surface area contributed by atoms with Crippen molar-refractivity contribution in [3.63, 3.8) is 0 Å². The summed E-state index contributed by atoms with van der Waals surface area (Å²) in [6, 6.07) is 5.44. The number of piperidine rings is 1. The third kappa shape index (κ3) is 5.82. The van der Waals surface area contributed by atoms with Gasteiger partial charge >= 0.3 is 5.97 Å². The summed E-state index contributed by atoms with van der Waals surface area (Å²) in [5, 5.41) is 12.2. The lowest BCUT2D eigenvalue weighted by Gasteiger charge is -2.36. The summed E-state index contributed by atoms with van der Waals surface area (Å²) in [6.07, 6.45) is 2.21. The highest BCUT2D eigenvalue weighted by atomic mass is 16.4. The van der Waals surface area contributed by atoms with Crippen LogP contribution in [0.15, 0.2) is 24.4 Å². The number of carbonyl (C=O) groups is 3. The minimum absolute atomic E-state index is 0.106. The van der Waals surface area contributed by atoms with Gasteiger partial charge in [0.1, 0.15) is 0 Å². The van der Waals surface area contributed by atoms with Crippen molar-refractivity contribution in [3.8, 4) is 0 Å². The first kappa shape index (κ1) is 19.9. The van der Waals surface area contributed by atoms with Gasteiger partial charge in [-0.2, -0.15) is 0 Å². The first-order chi connectivity index (χ1) is 12.2. The number of hydrogen-bond donors (Lipinski definition) is 2. The van der Waals surface area contributed by atoms with E-state index in [1.807, 2.05) is 26.8 Å². The van der Waals surface area contributed by atoms with Gasteiger partial charge in [-0.1, -0.05) is 26.8 Å². The van der Waals surface area contributed by atoms with Gasteiger partial charge < -0.3 is 15.3 Å². The summed E-state index contributed by atoms with van der Waals surface area (Å²) in [4.78, 5) is 42.2. The van der Waals surface area contributed by atoms with Gasteiger partial charge in [-0.3, -0.25) is 19.4 Å². The van der Waals surface area contributed by atoms with Crippen molar-refractivity contribution in [2.45, 2.75) is 40.2 Å². The molecule has 2 rings (SSSR count).